The molecule has 15 heavy (non-hydrogen) atoms. The first kappa shape index (κ1) is 9.65. The van der Waals surface area contributed by atoms with Crippen LogP contribution in [-0.4, -0.2) is 15.8 Å². The van der Waals surface area contributed by atoms with Gasteiger partial charge in [0.05, 0.1) is 0 Å². The van der Waals surface area contributed by atoms with Crippen LogP contribution in [0.2, 0.25) is 0 Å². The Balaban J connectivity index is 2.46. The normalized spacial score (nSPS) is 10.3. The first-order valence-corrected chi connectivity index (χ1v) is 4.79. The number of ketones is 1. The largest absolute Gasteiger partial charge is 0.364 e. The second-order valence-corrected chi connectivity index (χ2v) is 3.54. The molecular weight excluding hydrogens is 188 g/mol. The molecule has 0 radical (unpaired) electrons. The van der Waals surface area contributed by atoms with E-state index in [0.29, 0.717) is 5.56 Å². The van der Waals surface area contributed by atoms with Crippen LogP contribution in [-0.2, 0) is 0 Å². The molecule has 2 rings (SSSR count). The standard InChI is InChI=1S/C12H12N2O/c1-8-6-14-9(2)11(8)12(15)10-4-3-5-13-7-10/h3-7,14H,1-2H3. The summed E-state index contributed by atoms with van der Waals surface area (Å²) in [6.07, 6.45) is 5.10. The lowest BCUT2D eigenvalue weighted by Crippen LogP contribution is -2.03. The Labute approximate surface area is 88.2 Å². The van der Waals surface area contributed by atoms with Gasteiger partial charge in [-0.15, -0.1) is 0 Å². The summed E-state index contributed by atoms with van der Waals surface area (Å²) in [6.45, 7) is 3.82. The smallest absolute Gasteiger partial charge is 0.196 e. The van der Waals surface area contributed by atoms with Crippen LogP contribution in [0.1, 0.15) is 27.2 Å². The van der Waals surface area contributed by atoms with Gasteiger partial charge in [0, 0.05) is 35.4 Å². The van der Waals surface area contributed by atoms with Gasteiger partial charge in [0.15, 0.2) is 5.78 Å². The lowest BCUT2D eigenvalue weighted by atomic mass is 10.0. The van der Waals surface area contributed by atoms with Crippen molar-refractivity contribution in [1.29, 1.82) is 0 Å². The van der Waals surface area contributed by atoms with Crippen LogP contribution < -0.4 is 0 Å². The number of aromatic amines is 1. The van der Waals surface area contributed by atoms with Gasteiger partial charge in [-0.05, 0) is 31.5 Å². The molecule has 76 valence electrons. The number of carbonyl (C=O) groups excluding carboxylic acids is 1. The zero-order valence-corrected chi connectivity index (χ0v) is 8.74. The van der Waals surface area contributed by atoms with Crippen LogP contribution >= 0.6 is 0 Å². The first-order chi connectivity index (χ1) is 7.20. The van der Waals surface area contributed by atoms with Crippen LogP contribution in [0.5, 0.6) is 0 Å². The van der Waals surface area contributed by atoms with E-state index in [9.17, 15) is 4.79 Å². The number of carbonyl (C=O) groups is 1. The highest BCUT2D eigenvalue weighted by Gasteiger charge is 2.15. The Kier molecular flexibility index (Phi) is 2.37. The highest BCUT2D eigenvalue weighted by molar-refractivity contribution is 6.10. The molecule has 0 aliphatic heterocycles. The molecular formula is C12H12N2O. The van der Waals surface area contributed by atoms with Crippen molar-refractivity contribution in [2.45, 2.75) is 13.8 Å². The van der Waals surface area contributed by atoms with Crippen molar-refractivity contribution in [3.05, 3.63) is 53.1 Å². The lowest BCUT2D eigenvalue weighted by Gasteiger charge is -2.00. The third-order valence-electron chi connectivity index (χ3n) is 2.43. The number of nitrogens with zero attached hydrogens (tertiary/aromatic N) is 1. The van der Waals surface area contributed by atoms with Crippen molar-refractivity contribution in [2.24, 2.45) is 0 Å². The maximum Gasteiger partial charge on any atom is 0.196 e. The fraction of sp³-hybridized carbons (Fsp3) is 0.167. The van der Waals surface area contributed by atoms with Crippen molar-refractivity contribution in [3.63, 3.8) is 0 Å². The number of nitrogens with one attached hydrogen (secondary N) is 1. The van der Waals surface area contributed by atoms with Crippen molar-refractivity contribution >= 4 is 5.78 Å². The summed E-state index contributed by atoms with van der Waals surface area (Å²) >= 11 is 0. The van der Waals surface area contributed by atoms with E-state index in [-0.39, 0.29) is 5.78 Å². The van der Waals surface area contributed by atoms with E-state index in [4.69, 9.17) is 0 Å². The molecule has 3 heteroatoms. The van der Waals surface area contributed by atoms with Gasteiger partial charge in [-0.3, -0.25) is 9.78 Å². The van der Waals surface area contributed by atoms with Crippen LogP contribution in [0.25, 0.3) is 0 Å². The van der Waals surface area contributed by atoms with Crippen molar-refractivity contribution in [3.8, 4) is 0 Å². The Morgan fingerprint density at radius 2 is 2.20 bits per heavy atom. The third kappa shape index (κ3) is 1.68. The van der Waals surface area contributed by atoms with E-state index in [1.54, 1.807) is 24.5 Å². The number of hydrogen-bond acceptors (Lipinski definition) is 2. The molecule has 0 aromatic carbocycles. The molecule has 0 atom stereocenters. The summed E-state index contributed by atoms with van der Waals surface area (Å²) in [4.78, 5) is 19.1. The second kappa shape index (κ2) is 3.69. The van der Waals surface area contributed by atoms with E-state index in [2.05, 4.69) is 9.97 Å². The van der Waals surface area contributed by atoms with E-state index in [1.807, 2.05) is 20.0 Å². The molecule has 2 heterocycles. The highest BCUT2D eigenvalue weighted by Crippen LogP contribution is 2.16. The number of hydrogen-bond donors (Lipinski definition) is 1. The predicted molar refractivity (Wildman–Crippen MR) is 57.9 cm³/mol. The molecule has 2 aromatic heterocycles. The summed E-state index contributed by atoms with van der Waals surface area (Å²) in [5.41, 5.74) is 3.26. The molecule has 2 aromatic rings. The van der Waals surface area contributed by atoms with Gasteiger partial charge in [-0.25, -0.2) is 0 Å². The number of aromatic nitrogens is 2. The van der Waals surface area contributed by atoms with Crippen LogP contribution in [0.15, 0.2) is 30.7 Å². The quantitative estimate of drug-likeness (QED) is 0.756. The number of rotatable bonds is 2. The topological polar surface area (TPSA) is 45.8 Å². The third-order valence-corrected chi connectivity index (χ3v) is 2.43. The average molecular weight is 200 g/mol. The summed E-state index contributed by atoms with van der Waals surface area (Å²) in [6, 6.07) is 3.55. The minimum atomic E-state index is 0.0272. The Bertz CT molecular complexity index is 466. The zero-order chi connectivity index (χ0) is 10.8. The molecule has 0 saturated carbocycles. The Morgan fingerprint density at radius 1 is 1.40 bits per heavy atom. The average Bonchev–Trinajstić information content (AvgIpc) is 2.59. The molecule has 0 amide bonds. The number of H-pyrrole nitrogens is 1. The van der Waals surface area contributed by atoms with Crippen molar-refractivity contribution < 1.29 is 4.79 Å². The summed E-state index contributed by atoms with van der Waals surface area (Å²) in [7, 11) is 0. The molecule has 0 aliphatic rings. The summed E-state index contributed by atoms with van der Waals surface area (Å²) in [5.74, 6) is 0.0272. The van der Waals surface area contributed by atoms with Gasteiger partial charge in [-0.1, -0.05) is 0 Å². The maximum atomic E-state index is 12.1. The van der Waals surface area contributed by atoms with Gasteiger partial charge in [0.1, 0.15) is 0 Å². The minimum Gasteiger partial charge on any atom is -0.364 e. The van der Waals surface area contributed by atoms with E-state index < -0.39 is 0 Å². The van der Waals surface area contributed by atoms with Gasteiger partial charge in [0.2, 0.25) is 0 Å². The monoisotopic (exact) mass is 200 g/mol. The molecule has 1 N–H and O–H groups in total. The first-order valence-electron chi connectivity index (χ1n) is 4.79. The number of pyridine rings is 1. The summed E-state index contributed by atoms with van der Waals surface area (Å²) < 4.78 is 0. The van der Waals surface area contributed by atoms with Crippen molar-refractivity contribution in [2.75, 3.05) is 0 Å². The highest BCUT2D eigenvalue weighted by atomic mass is 16.1. The predicted octanol–water partition coefficient (Wildman–Crippen LogP) is 2.26. The summed E-state index contributed by atoms with van der Waals surface area (Å²) in [5, 5.41) is 0. The fourth-order valence-corrected chi connectivity index (χ4v) is 1.65. The van der Waals surface area contributed by atoms with Gasteiger partial charge < -0.3 is 4.98 Å². The van der Waals surface area contributed by atoms with Crippen LogP contribution in [0.3, 0.4) is 0 Å². The minimum absolute atomic E-state index is 0.0272. The SMILES string of the molecule is Cc1c[nH]c(C)c1C(=O)c1cccnc1. The van der Waals surface area contributed by atoms with Gasteiger partial charge in [-0.2, -0.15) is 0 Å². The Morgan fingerprint density at radius 3 is 2.73 bits per heavy atom. The van der Waals surface area contributed by atoms with E-state index in [1.165, 1.54) is 0 Å². The fourth-order valence-electron chi connectivity index (χ4n) is 1.65. The molecule has 0 saturated heterocycles. The molecule has 3 nitrogen and oxygen atoms in total. The molecule has 0 aliphatic carbocycles. The molecule has 0 fully saturated rings. The zero-order valence-electron chi connectivity index (χ0n) is 8.74. The maximum absolute atomic E-state index is 12.1. The van der Waals surface area contributed by atoms with Gasteiger partial charge >= 0.3 is 0 Å². The van der Waals surface area contributed by atoms with Crippen LogP contribution in [0.4, 0.5) is 0 Å². The van der Waals surface area contributed by atoms with Crippen molar-refractivity contribution in [1.82, 2.24) is 9.97 Å². The van der Waals surface area contributed by atoms with E-state index in [0.717, 1.165) is 16.8 Å². The van der Waals surface area contributed by atoms with Crippen LogP contribution in [0, 0.1) is 13.8 Å². The van der Waals surface area contributed by atoms with E-state index >= 15 is 0 Å². The number of aryl methyl sites for hydroxylation is 2. The molecule has 0 unspecified atom stereocenters. The lowest BCUT2D eigenvalue weighted by molar-refractivity contribution is 0.103. The molecule has 0 spiro atoms. The Hall–Kier alpha value is -1.90. The second-order valence-electron chi connectivity index (χ2n) is 3.54. The molecule has 0 bridgehead atoms. The van der Waals surface area contributed by atoms with Gasteiger partial charge in [0.25, 0.3) is 0 Å².